The molecule has 0 spiro atoms. The molecule has 0 amide bonds. The van der Waals surface area contributed by atoms with Gasteiger partial charge in [0.15, 0.2) is 0 Å². The zero-order valence-corrected chi connectivity index (χ0v) is 12.0. The largest absolute Gasteiger partial charge is 0.310 e. The van der Waals surface area contributed by atoms with Crippen molar-refractivity contribution in [2.75, 3.05) is 6.54 Å². The number of nitrogens with one attached hydrogen (secondary N) is 1. The Morgan fingerprint density at radius 1 is 1.38 bits per heavy atom. The number of hydrogen-bond donors (Lipinski definition) is 1. The summed E-state index contributed by atoms with van der Waals surface area (Å²) in [6, 6.07) is 8.98. The minimum absolute atomic E-state index is 0.430. The van der Waals surface area contributed by atoms with Crippen molar-refractivity contribution in [3.05, 3.63) is 33.4 Å². The molecule has 1 aromatic rings. The Labute approximate surface area is 112 Å². The van der Waals surface area contributed by atoms with Crippen LogP contribution in [0.1, 0.15) is 38.3 Å². The lowest BCUT2D eigenvalue weighted by atomic mass is 10.0. The van der Waals surface area contributed by atoms with Crippen LogP contribution in [0.3, 0.4) is 0 Å². The summed E-state index contributed by atoms with van der Waals surface area (Å²) in [5, 5.41) is 3.53. The predicted molar refractivity (Wildman–Crippen MR) is 78.3 cm³/mol. The molecule has 0 heterocycles. The van der Waals surface area contributed by atoms with Crippen molar-refractivity contribution in [1.29, 1.82) is 0 Å². The smallest absolute Gasteiger partial charge is 0.0339 e. The van der Waals surface area contributed by atoms with E-state index in [-0.39, 0.29) is 0 Å². The molecule has 0 aromatic heterocycles. The van der Waals surface area contributed by atoms with Crippen molar-refractivity contribution >= 4 is 22.6 Å². The third-order valence-electron chi connectivity index (χ3n) is 2.47. The Bertz CT molecular complexity index is 376. The van der Waals surface area contributed by atoms with Crippen LogP contribution in [0.4, 0.5) is 0 Å². The summed E-state index contributed by atoms with van der Waals surface area (Å²) in [5.74, 6) is 6.09. The third kappa shape index (κ3) is 4.15. The van der Waals surface area contributed by atoms with Gasteiger partial charge in [-0.2, -0.15) is 0 Å². The summed E-state index contributed by atoms with van der Waals surface area (Å²) >= 11 is 2.40. The summed E-state index contributed by atoms with van der Waals surface area (Å²) in [5.41, 5.74) is 1.39. The minimum atomic E-state index is 0.430. The maximum Gasteiger partial charge on any atom is 0.0339 e. The van der Waals surface area contributed by atoms with Gasteiger partial charge in [-0.15, -0.1) is 11.8 Å². The van der Waals surface area contributed by atoms with Crippen molar-refractivity contribution < 1.29 is 0 Å². The molecular weight excluding hydrogens is 309 g/mol. The van der Waals surface area contributed by atoms with E-state index >= 15 is 0 Å². The monoisotopic (exact) mass is 327 g/mol. The van der Waals surface area contributed by atoms with Gasteiger partial charge in [-0.05, 0) is 54.1 Å². The second kappa shape index (κ2) is 7.70. The predicted octanol–water partition coefficient (Wildman–Crippen LogP) is 3.75. The molecule has 0 saturated heterocycles. The van der Waals surface area contributed by atoms with Gasteiger partial charge in [-0.3, -0.25) is 0 Å². The summed E-state index contributed by atoms with van der Waals surface area (Å²) < 4.78 is 1.33. The minimum Gasteiger partial charge on any atom is -0.310 e. The van der Waals surface area contributed by atoms with Gasteiger partial charge in [0.25, 0.3) is 0 Å². The SMILES string of the molecule is CC#CCCC(NCC)c1ccccc1I. The van der Waals surface area contributed by atoms with Crippen LogP contribution in [0.2, 0.25) is 0 Å². The van der Waals surface area contributed by atoms with Gasteiger partial charge in [0.1, 0.15) is 0 Å². The van der Waals surface area contributed by atoms with Crippen LogP contribution in [0.5, 0.6) is 0 Å². The van der Waals surface area contributed by atoms with E-state index in [0.29, 0.717) is 6.04 Å². The first kappa shape index (κ1) is 13.5. The van der Waals surface area contributed by atoms with Gasteiger partial charge in [0, 0.05) is 16.0 Å². The molecule has 1 rings (SSSR count). The zero-order valence-electron chi connectivity index (χ0n) is 9.89. The molecule has 16 heavy (non-hydrogen) atoms. The van der Waals surface area contributed by atoms with Gasteiger partial charge in [0.05, 0.1) is 0 Å². The molecule has 1 nitrogen and oxygen atoms in total. The van der Waals surface area contributed by atoms with Gasteiger partial charge < -0.3 is 5.32 Å². The maximum atomic E-state index is 3.53. The van der Waals surface area contributed by atoms with Crippen LogP contribution >= 0.6 is 22.6 Å². The standard InChI is InChI=1S/C14H18IN/c1-3-5-6-11-14(16-4-2)12-9-7-8-10-13(12)15/h7-10,14,16H,4,6,11H2,1-2H3. The van der Waals surface area contributed by atoms with E-state index < -0.39 is 0 Å². The highest BCUT2D eigenvalue weighted by molar-refractivity contribution is 14.1. The highest BCUT2D eigenvalue weighted by Gasteiger charge is 2.11. The van der Waals surface area contributed by atoms with E-state index in [9.17, 15) is 0 Å². The Morgan fingerprint density at radius 2 is 2.12 bits per heavy atom. The van der Waals surface area contributed by atoms with Crippen molar-refractivity contribution in [3.8, 4) is 11.8 Å². The van der Waals surface area contributed by atoms with E-state index in [1.807, 2.05) is 6.92 Å². The van der Waals surface area contributed by atoms with Crippen molar-refractivity contribution in [1.82, 2.24) is 5.32 Å². The first-order chi connectivity index (χ1) is 7.79. The van der Waals surface area contributed by atoms with Crippen LogP contribution in [0.25, 0.3) is 0 Å². The van der Waals surface area contributed by atoms with E-state index in [1.165, 1.54) is 9.13 Å². The summed E-state index contributed by atoms with van der Waals surface area (Å²) in [7, 11) is 0. The van der Waals surface area contributed by atoms with E-state index in [4.69, 9.17) is 0 Å². The fraction of sp³-hybridized carbons (Fsp3) is 0.429. The average molecular weight is 327 g/mol. The van der Waals surface area contributed by atoms with Gasteiger partial charge in [0.2, 0.25) is 0 Å². The van der Waals surface area contributed by atoms with Crippen molar-refractivity contribution in [3.63, 3.8) is 0 Å². The molecule has 0 aliphatic rings. The number of hydrogen-bond acceptors (Lipinski definition) is 1. The first-order valence-electron chi connectivity index (χ1n) is 5.67. The Balaban J connectivity index is 2.75. The van der Waals surface area contributed by atoms with E-state index in [0.717, 1.165) is 19.4 Å². The highest BCUT2D eigenvalue weighted by Crippen LogP contribution is 2.23. The van der Waals surface area contributed by atoms with E-state index in [1.54, 1.807) is 0 Å². The molecule has 0 aliphatic carbocycles. The van der Waals surface area contributed by atoms with Crippen LogP contribution in [-0.4, -0.2) is 6.54 Å². The molecular formula is C14H18IN. The van der Waals surface area contributed by atoms with Crippen molar-refractivity contribution in [2.24, 2.45) is 0 Å². The maximum absolute atomic E-state index is 3.53. The topological polar surface area (TPSA) is 12.0 Å². The summed E-state index contributed by atoms with van der Waals surface area (Å²) in [6.07, 6.45) is 2.04. The molecule has 0 saturated carbocycles. The molecule has 2 heteroatoms. The third-order valence-corrected chi connectivity index (χ3v) is 3.45. The molecule has 0 radical (unpaired) electrons. The average Bonchev–Trinajstić information content (AvgIpc) is 2.29. The molecule has 86 valence electrons. The molecule has 1 N–H and O–H groups in total. The summed E-state index contributed by atoms with van der Waals surface area (Å²) in [4.78, 5) is 0. The quantitative estimate of drug-likeness (QED) is 0.642. The fourth-order valence-corrected chi connectivity index (χ4v) is 2.48. The van der Waals surface area contributed by atoms with Gasteiger partial charge in [-0.1, -0.05) is 25.1 Å². The molecule has 0 bridgehead atoms. The summed E-state index contributed by atoms with van der Waals surface area (Å²) in [6.45, 7) is 5.04. The van der Waals surface area contributed by atoms with Crippen LogP contribution in [0.15, 0.2) is 24.3 Å². The lowest BCUT2D eigenvalue weighted by Crippen LogP contribution is -2.21. The van der Waals surface area contributed by atoms with E-state index in [2.05, 4.69) is 70.9 Å². The molecule has 0 fully saturated rings. The fourth-order valence-electron chi connectivity index (χ4n) is 1.71. The molecule has 1 unspecified atom stereocenters. The van der Waals surface area contributed by atoms with Crippen LogP contribution in [-0.2, 0) is 0 Å². The normalized spacial score (nSPS) is 11.7. The first-order valence-corrected chi connectivity index (χ1v) is 6.74. The van der Waals surface area contributed by atoms with Gasteiger partial charge >= 0.3 is 0 Å². The Kier molecular flexibility index (Phi) is 6.51. The van der Waals surface area contributed by atoms with Crippen LogP contribution in [0, 0.1) is 15.4 Å². The Morgan fingerprint density at radius 3 is 2.75 bits per heavy atom. The number of benzene rings is 1. The van der Waals surface area contributed by atoms with Gasteiger partial charge in [-0.25, -0.2) is 0 Å². The molecule has 1 aromatic carbocycles. The van der Waals surface area contributed by atoms with Crippen LogP contribution < -0.4 is 5.32 Å². The molecule has 0 aliphatic heterocycles. The lowest BCUT2D eigenvalue weighted by molar-refractivity contribution is 0.520. The Hall–Kier alpha value is -0.530. The lowest BCUT2D eigenvalue weighted by Gasteiger charge is -2.18. The van der Waals surface area contributed by atoms with Crippen molar-refractivity contribution in [2.45, 2.75) is 32.7 Å². The number of rotatable bonds is 5. The highest BCUT2D eigenvalue weighted by atomic mass is 127. The second-order valence-corrected chi connectivity index (χ2v) is 4.76. The zero-order chi connectivity index (χ0) is 11.8. The molecule has 1 atom stereocenters. The number of halogens is 1. The second-order valence-electron chi connectivity index (χ2n) is 3.60.